The van der Waals surface area contributed by atoms with Crippen LogP contribution in [0, 0.1) is 11.7 Å². The van der Waals surface area contributed by atoms with Crippen molar-refractivity contribution in [3.63, 3.8) is 0 Å². The highest BCUT2D eigenvalue weighted by Crippen LogP contribution is 2.65. The van der Waals surface area contributed by atoms with Gasteiger partial charge in [0.25, 0.3) is 0 Å². The summed E-state index contributed by atoms with van der Waals surface area (Å²) in [5.74, 6) is -3.60. The van der Waals surface area contributed by atoms with E-state index in [9.17, 15) is 27.2 Å². The first-order chi connectivity index (χ1) is 14.3. The molecule has 2 unspecified atom stereocenters. The van der Waals surface area contributed by atoms with Crippen LogP contribution in [0.3, 0.4) is 0 Å². The zero-order valence-electron chi connectivity index (χ0n) is 15.4. The van der Waals surface area contributed by atoms with Gasteiger partial charge in [-0.3, -0.25) is 9.59 Å². The van der Waals surface area contributed by atoms with Gasteiger partial charge in [-0.05, 0) is 35.9 Å². The van der Waals surface area contributed by atoms with Gasteiger partial charge in [0.15, 0.2) is 5.78 Å². The van der Waals surface area contributed by atoms with Crippen LogP contribution in [0.4, 0.5) is 23.2 Å². The number of nitrogens with one attached hydrogen (secondary N) is 1. The van der Waals surface area contributed by atoms with Crippen molar-refractivity contribution in [2.75, 3.05) is 5.32 Å². The summed E-state index contributed by atoms with van der Waals surface area (Å²) in [6.07, 6.45) is -6.55. The monoisotopic (exact) mass is 515 g/mol. The highest BCUT2D eigenvalue weighted by Gasteiger charge is 2.67. The first-order valence-electron chi connectivity index (χ1n) is 8.84. The number of hydrogen-bond donors (Lipinski definition) is 1. The fourth-order valence-electron chi connectivity index (χ4n) is 3.20. The Kier molecular flexibility index (Phi) is 6.82. The predicted octanol–water partition coefficient (Wildman–Crippen LogP) is 7.18. The molecule has 11 heteroatoms. The van der Waals surface area contributed by atoms with Crippen molar-refractivity contribution >= 4 is 63.8 Å². The lowest BCUT2D eigenvalue weighted by molar-refractivity contribution is -0.133. The van der Waals surface area contributed by atoms with E-state index >= 15 is 0 Å². The van der Waals surface area contributed by atoms with Crippen LogP contribution in [-0.2, 0) is 4.79 Å². The van der Waals surface area contributed by atoms with E-state index in [4.69, 9.17) is 46.4 Å². The lowest BCUT2D eigenvalue weighted by Gasteiger charge is -2.10. The molecule has 0 bridgehead atoms. The SMILES string of the molecule is O=C(CCC(F)(F)F)c1cc(NC(=O)C2C(c3ccc(F)c(Cl)c3)C2(Cl)Cl)ccc1Cl. The number of carbonyl (C=O) groups is 2. The van der Waals surface area contributed by atoms with Crippen LogP contribution in [0.25, 0.3) is 0 Å². The summed E-state index contributed by atoms with van der Waals surface area (Å²) in [6, 6.07) is 7.74. The van der Waals surface area contributed by atoms with Crippen LogP contribution in [0.5, 0.6) is 0 Å². The van der Waals surface area contributed by atoms with E-state index in [0.29, 0.717) is 5.56 Å². The number of hydrogen-bond acceptors (Lipinski definition) is 2. The minimum Gasteiger partial charge on any atom is -0.326 e. The van der Waals surface area contributed by atoms with Crippen LogP contribution >= 0.6 is 46.4 Å². The van der Waals surface area contributed by atoms with Gasteiger partial charge in [0.1, 0.15) is 10.2 Å². The molecule has 0 aliphatic heterocycles. The summed E-state index contributed by atoms with van der Waals surface area (Å²) >= 11 is 24.2. The van der Waals surface area contributed by atoms with Crippen molar-refractivity contribution in [2.45, 2.75) is 29.3 Å². The predicted molar refractivity (Wildman–Crippen MR) is 112 cm³/mol. The molecule has 166 valence electrons. The van der Waals surface area contributed by atoms with Gasteiger partial charge in [0, 0.05) is 23.6 Å². The highest BCUT2D eigenvalue weighted by molar-refractivity contribution is 6.53. The Balaban J connectivity index is 1.74. The number of halogens is 8. The normalized spacial score (nSPS) is 19.7. The first kappa shape index (κ1) is 24.1. The smallest absolute Gasteiger partial charge is 0.326 e. The second-order valence-corrected chi connectivity index (χ2v) is 9.28. The molecule has 1 amide bonds. The average Bonchev–Trinajstić information content (AvgIpc) is 3.25. The van der Waals surface area contributed by atoms with E-state index in [2.05, 4.69) is 5.32 Å². The van der Waals surface area contributed by atoms with Gasteiger partial charge >= 0.3 is 6.18 Å². The topological polar surface area (TPSA) is 46.2 Å². The van der Waals surface area contributed by atoms with Crippen molar-refractivity contribution < 1.29 is 27.2 Å². The molecule has 1 N–H and O–H groups in total. The second-order valence-electron chi connectivity index (χ2n) is 7.03. The molecule has 0 heterocycles. The second kappa shape index (κ2) is 8.77. The molecule has 0 saturated heterocycles. The Hall–Kier alpha value is -1.54. The van der Waals surface area contributed by atoms with Crippen molar-refractivity contribution in [2.24, 2.45) is 5.92 Å². The molecule has 0 aromatic heterocycles. The largest absolute Gasteiger partial charge is 0.389 e. The molecule has 1 aliphatic carbocycles. The molecular weight excluding hydrogens is 504 g/mol. The molecular formula is C20H13Cl4F4NO2. The summed E-state index contributed by atoms with van der Waals surface area (Å²) in [7, 11) is 0. The molecule has 1 fully saturated rings. The van der Waals surface area contributed by atoms with Crippen LogP contribution in [0.1, 0.15) is 34.7 Å². The van der Waals surface area contributed by atoms with Gasteiger partial charge in [-0.15, -0.1) is 23.2 Å². The van der Waals surface area contributed by atoms with Crippen molar-refractivity contribution in [3.05, 3.63) is 63.4 Å². The summed E-state index contributed by atoms with van der Waals surface area (Å²) in [6.45, 7) is 0. The number of alkyl halides is 5. The maximum absolute atomic E-state index is 13.4. The zero-order valence-corrected chi connectivity index (χ0v) is 18.4. The van der Waals surface area contributed by atoms with Gasteiger partial charge in [-0.1, -0.05) is 29.3 Å². The van der Waals surface area contributed by atoms with Crippen molar-refractivity contribution in [3.8, 4) is 0 Å². The third-order valence-electron chi connectivity index (χ3n) is 4.81. The van der Waals surface area contributed by atoms with Crippen molar-refractivity contribution in [1.29, 1.82) is 0 Å². The molecule has 3 rings (SSSR count). The van der Waals surface area contributed by atoms with Crippen LogP contribution in [0.15, 0.2) is 36.4 Å². The number of amides is 1. The number of ketones is 1. The molecule has 2 aromatic rings. The minimum atomic E-state index is -4.48. The quantitative estimate of drug-likeness (QED) is 0.251. The Labute approximate surface area is 194 Å². The van der Waals surface area contributed by atoms with E-state index < -0.39 is 52.7 Å². The van der Waals surface area contributed by atoms with Gasteiger partial charge in [-0.25, -0.2) is 4.39 Å². The molecule has 2 aromatic carbocycles. The Morgan fingerprint density at radius 2 is 1.71 bits per heavy atom. The fraction of sp³-hybridized carbons (Fsp3) is 0.300. The molecule has 1 aliphatic rings. The lowest BCUT2D eigenvalue weighted by atomic mass is 10.1. The molecule has 0 spiro atoms. The van der Waals surface area contributed by atoms with Crippen molar-refractivity contribution in [1.82, 2.24) is 0 Å². The van der Waals surface area contributed by atoms with E-state index in [-0.39, 0.29) is 21.3 Å². The fourth-order valence-corrected chi connectivity index (χ4v) is 4.44. The number of carbonyl (C=O) groups excluding carboxylic acids is 2. The Morgan fingerprint density at radius 1 is 1.03 bits per heavy atom. The third-order valence-corrected chi connectivity index (χ3v) is 6.37. The summed E-state index contributed by atoms with van der Waals surface area (Å²) in [5, 5.41) is 2.34. The minimum absolute atomic E-state index is 0.0422. The molecule has 1 saturated carbocycles. The molecule has 3 nitrogen and oxygen atoms in total. The third kappa shape index (κ3) is 5.45. The van der Waals surface area contributed by atoms with E-state index in [1.54, 1.807) is 0 Å². The number of benzene rings is 2. The van der Waals surface area contributed by atoms with Crippen LogP contribution < -0.4 is 5.32 Å². The van der Waals surface area contributed by atoms with Crippen LogP contribution in [0.2, 0.25) is 10.0 Å². The molecule has 2 atom stereocenters. The van der Waals surface area contributed by atoms with Gasteiger partial charge < -0.3 is 5.32 Å². The lowest BCUT2D eigenvalue weighted by Crippen LogP contribution is -2.17. The van der Waals surface area contributed by atoms with Gasteiger partial charge in [0.2, 0.25) is 5.91 Å². The standard InChI is InChI=1S/C20H13Cl4F4NO2/c21-12-3-2-10(8-11(12)15(30)5-6-19(26,27)28)29-18(31)17-16(20(17,23)24)9-1-4-14(25)13(22)7-9/h1-4,7-8,16-17H,5-6H2,(H,29,31). The van der Waals surface area contributed by atoms with Crippen LogP contribution in [-0.4, -0.2) is 22.2 Å². The average molecular weight is 517 g/mol. The Bertz CT molecular complexity index is 1040. The summed E-state index contributed by atoms with van der Waals surface area (Å²) in [4.78, 5) is 24.8. The number of rotatable bonds is 6. The zero-order chi connectivity index (χ0) is 23.1. The van der Waals surface area contributed by atoms with E-state index in [1.807, 2.05) is 0 Å². The molecule has 31 heavy (non-hydrogen) atoms. The van der Waals surface area contributed by atoms with Gasteiger partial charge in [0.05, 0.1) is 22.4 Å². The Morgan fingerprint density at radius 3 is 2.32 bits per heavy atom. The molecule has 0 radical (unpaired) electrons. The number of anilines is 1. The summed E-state index contributed by atoms with van der Waals surface area (Å²) < 4.78 is 49.1. The number of Topliss-reactive ketones (excluding diaryl/α,β-unsaturated/α-hetero) is 1. The highest BCUT2D eigenvalue weighted by atomic mass is 35.5. The van der Waals surface area contributed by atoms with Gasteiger partial charge in [-0.2, -0.15) is 13.2 Å². The maximum Gasteiger partial charge on any atom is 0.389 e. The van der Waals surface area contributed by atoms with E-state index in [0.717, 1.165) is 6.07 Å². The van der Waals surface area contributed by atoms with E-state index in [1.165, 1.54) is 30.3 Å². The maximum atomic E-state index is 13.4. The summed E-state index contributed by atoms with van der Waals surface area (Å²) in [5.41, 5.74) is 0.455. The first-order valence-corrected chi connectivity index (χ1v) is 10.4.